The standard InChI is InChI=1S/C12H24N2/c1-6-10(2)14-8-7-13-11(9-14)12(3,4)5/h6,10-11,13H,1,7-9H2,2-5H3. The molecule has 0 bridgehead atoms. The predicted molar refractivity (Wildman–Crippen MR) is 62.5 cm³/mol. The summed E-state index contributed by atoms with van der Waals surface area (Å²) < 4.78 is 0. The molecule has 0 amide bonds. The topological polar surface area (TPSA) is 15.3 Å². The minimum Gasteiger partial charge on any atom is -0.311 e. The Labute approximate surface area is 88.4 Å². The Bertz CT molecular complexity index is 193. The summed E-state index contributed by atoms with van der Waals surface area (Å²) in [5.41, 5.74) is 0.347. The second-order valence-electron chi connectivity index (χ2n) is 5.34. The molecule has 0 aromatic rings. The van der Waals surface area contributed by atoms with Crippen LogP contribution in [0.2, 0.25) is 0 Å². The molecule has 1 aliphatic heterocycles. The zero-order valence-corrected chi connectivity index (χ0v) is 10.0. The fourth-order valence-corrected chi connectivity index (χ4v) is 1.87. The van der Waals surface area contributed by atoms with Gasteiger partial charge < -0.3 is 5.32 Å². The van der Waals surface area contributed by atoms with E-state index in [1.807, 2.05) is 6.08 Å². The Hall–Kier alpha value is -0.340. The first-order chi connectivity index (χ1) is 6.45. The molecule has 0 spiro atoms. The average Bonchev–Trinajstić information content (AvgIpc) is 2.15. The zero-order valence-electron chi connectivity index (χ0n) is 10.0. The van der Waals surface area contributed by atoms with E-state index in [1.165, 1.54) is 0 Å². The average molecular weight is 196 g/mol. The van der Waals surface area contributed by atoms with Crippen molar-refractivity contribution in [3.05, 3.63) is 12.7 Å². The third-order valence-electron chi connectivity index (χ3n) is 3.17. The minimum absolute atomic E-state index is 0.347. The van der Waals surface area contributed by atoms with Crippen LogP contribution in [0.25, 0.3) is 0 Å². The minimum atomic E-state index is 0.347. The lowest BCUT2D eigenvalue weighted by Gasteiger charge is -2.42. The zero-order chi connectivity index (χ0) is 10.8. The van der Waals surface area contributed by atoms with Crippen molar-refractivity contribution in [1.82, 2.24) is 10.2 Å². The van der Waals surface area contributed by atoms with Gasteiger partial charge in [-0.2, -0.15) is 0 Å². The first kappa shape index (κ1) is 11.7. The van der Waals surface area contributed by atoms with Gasteiger partial charge in [0, 0.05) is 31.7 Å². The lowest BCUT2D eigenvalue weighted by molar-refractivity contribution is 0.119. The van der Waals surface area contributed by atoms with E-state index in [1.54, 1.807) is 0 Å². The van der Waals surface area contributed by atoms with Crippen molar-refractivity contribution in [3.8, 4) is 0 Å². The van der Waals surface area contributed by atoms with Crippen molar-refractivity contribution in [2.24, 2.45) is 5.41 Å². The molecule has 1 fully saturated rings. The van der Waals surface area contributed by atoms with E-state index in [0.29, 0.717) is 17.5 Å². The van der Waals surface area contributed by atoms with Crippen LogP contribution in [0.15, 0.2) is 12.7 Å². The van der Waals surface area contributed by atoms with Crippen molar-refractivity contribution in [2.45, 2.75) is 39.8 Å². The number of piperazine rings is 1. The van der Waals surface area contributed by atoms with E-state index in [4.69, 9.17) is 0 Å². The summed E-state index contributed by atoms with van der Waals surface area (Å²) in [6, 6.07) is 1.10. The molecule has 82 valence electrons. The molecule has 0 aromatic carbocycles. The largest absolute Gasteiger partial charge is 0.311 e. The van der Waals surface area contributed by atoms with Crippen LogP contribution in [0.4, 0.5) is 0 Å². The van der Waals surface area contributed by atoms with E-state index >= 15 is 0 Å². The van der Waals surface area contributed by atoms with Gasteiger partial charge in [-0.1, -0.05) is 26.8 Å². The summed E-state index contributed by atoms with van der Waals surface area (Å²) in [6.07, 6.45) is 2.03. The molecule has 0 aromatic heterocycles. The first-order valence-electron chi connectivity index (χ1n) is 5.55. The maximum absolute atomic E-state index is 3.86. The quantitative estimate of drug-likeness (QED) is 0.678. The van der Waals surface area contributed by atoms with Crippen LogP contribution in [-0.2, 0) is 0 Å². The molecule has 1 saturated heterocycles. The molecule has 1 aliphatic rings. The highest BCUT2D eigenvalue weighted by molar-refractivity contribution is 4.93. The SMILES string of the molecule is C=CC(C)N1CCNC(C(C)(C)C)C1. The van der Waals surface area contributed by atoms with Gasteiger partial charge in [0.1, 0.15) is 0 Å². The van der Waals surface area contributed by atoms with E-state index < -0.39 is 0 Å². The Morgan fingerprint density at radius 1 is 1.50 bits per heavy atom. The summed E-state index contributed by atoms with van der Waals surface area (Å²) in [6.45, 7) is 16.3. The van der Waals surface area contributed by atoms with Crippen LogP contribution >= 0.6 is 0 Å². The Morgan fingerprint density at radius 3 is 2.64 bits per heavy atom. The van der Waals surface area contributed by atoms with Crippen molar-refractivity contribution in [1.29, 1.82) is 0 Å². The lowest BCUT2D eigenvalue weighted by Crippen LogP contribution is -2.57. The molecule has 0 aliphatic carbocycles. The summed E-state index contributed by atoms with van der Waals surface area (Å²) in [4.78, 5) is 2.50. The molecule has 2 unspecified atom stereocenters. The highest BCUT2D eigenvalue weighted by atomic mass is 15.2. The molecular formula is C12H24N2. The third kappa shape index (κ3) is 2.82. The van der Waals surface area contributed by atoms with Gasteiger partial charge in [0.05, 0.1) is 0 Å². The van der Waals surface area contributed by atoms with Crippen molar-refractivity contribution < 1.29 is 0 Å². The Kier molecular flexibility index (Phi) is 3.73. The number of hydrogen-bond acceptors (Lipinski definition) is 2. The van der Waals surface area contributed by atoms with Crippen molar-refractivity contribution >= 4 is 0 Å². The number of rotatable bonds is 2. The molecule has 14 heavy (non-hydrogen) atoms. The molecular weight excluding hydrogens is 172 g/mol. The molecule has 2 nitrogen and oxygen atoms in total. The van der Waals surface area contributed by atoms with Gasteiger partial charge in [-0.3, -0.25) is 4.90 Å². The molecule has 1 N–H and O–H groups in total. The highest BCUT2D eigenvalue weighted by Crippen LogP contribution is 2.22. The first-order valence-corrected chi connectivity index (χ1v) is 5.55. The van der Waals surface area contributed by atoms with Crippen LogP contribution in [0.1, 0.15) is 27.7 Å². The van der Waals surface area contributed by atoms with E-state index in [9.17, 15) is 0 Å². The molecule has 1 heterocycles. The van der Waals surface area contributed by atoms with Gasteiger partial charge in [-0.25, -0.2) is 0 Å². The second kappa shape index (κ2) is 4.45. The molecule has 0 radical (unpaired) electrons. The second-order valence-corrected chi connectivity index (χ2v) is 5.34. The smallest absolute Gasteiger partial charge is 0.0248 e. The normalized spacial score (nSPS) is 27.3. The van der Waals surface area contributed by atoms with Gasteiger partial charge >= 0.3 is 0 Å². The summed E-state index contributed by atoms with van der Waals surface area (Å²) in [5, 5.41) is 3.59. The molecule has 0 saturated carbocycles. The Balaban J connectivity index is 2.56. The number of nitrogens with zero attached hydrogens (tertiary/aromatic N) is 1. The van der Waals surface area contributed by atoms with Gasteiger partial charge in [-0.05, 0) is 12.3 Å². The Morgan fingerprint density at radius 2 is 2.14 bits per heavy atom. The van der Waals surface area contributed by atoms with Crippen LogP contribution in [-0.4, -0.2) is 36.6 Å². The fourth-order valence-electron chi connectivity index (χ4n) is 1.87. The van der Waals surface area contributed by atoms with Crippen LogP contribution < -0.4 is 5.32 Å². The van der Waals surface area contributed by atoms with Gasteiger partial charge in [0.15, 0.2) is 0 Å². The van der Waals surface area contributed by atoms with Crippen molar-refractivity contribution in [3.63, 3.8) is 0 Å². The lowest BCUT2D eigenvalue weighted by atomic mass is 9.85. The fraction of sp³-hybridized carbons (Fsp3) is 0.833. The molecule has 1 rings (SSSR count). The van der Waals surface area contributed by atoms with Crippen molar-refractivity contribution in [2.75, 3.05) is 19.6 Å². The highest BCUT2D eigenvalue weighted by Gasteiger charge is 2.30. The van der Waals surface area contributed by atoms with E-state index in [0.717, 1.165) is 19.6 Å². The van der Waals surface area contributed by atoms with E-state index in [2.05, 4.69) is 44.5 Å². The van der Waals surface area contributed by atoms with Crippen LogP contribution in [0.5, 0.6) is 0 Å². The van der Waals surface area contributed by atoms with Crippen LogP contribution in [0, 0.1) is 5.41 Å². The summed E-state index contributed by atoms with van der Waals surface area (Å²) >= 11 is 0. The predicted octanol–water partition coefficient (Wildman–Crippen LogP) is 1.88. The van der Waals surface area contributed by atoms with E-state index in [-0.39, 0.29) is 0 Å². The summed E-state index contributed by atoms with van der Waals surface area (Å²) in [5.74, 6) is 0. The van der Waals surface area contributed by atoms with Gasteiger partial charge in [0.25, 0.3) is 0 Å². The summed E-state index contributed by atoms with van der Waals surface area (Å²) in [7, 11) is 0. The number of hydrogen-bond donors (Lipinski definition) is 1. The monoisotopic (exact) mass is 196 g/mol. The number of nitrogens with one attached hydrogen (secondary N) is 1. The third-order valence-corrected chi connectivity index (χ3v) is 3.17. The van der Waals surface area contributed by atoms with Crippen LogP contribution in [0.3, 0.4) is 0 Å². The molecule has 2 heteroatoms. The van der Waals surface area contributed by atoms with Gasteiger partial charge in [0.2, 0.25) is 0 Å². The van der Waals surface area contributed by atoms with Gasteiger partial charge in [-0.15, -0.1) is 6.58 Å². The maximum Gasteiger partial charge on any atom is 0.0248 e. The maximum atomic E-state index is 3.86. The molecule has 2 atom stereocenters.